The molecule has 1 saturated heterocycles. The molecule has 1 aromatic carbocycles. The third-order valence-corrected chi connectivity index (χ3v) is 3.01. The highest BCUT2D eigenvalue weighted by Crippen LogP contribution is 2.35. The molecule has 0 spiro atoms. The van der Waals surface area contributed by atoms with Crippen LogP contribution in [0.15, 0.2) is 12.1 Å². The second-order valence-corrected chi connectivity index (χ2v) is 4.02. The molecule has 2 rings (SSSR count). The van der Waals surface area contributed by atoms with Crippen molar-refractivity contribution in [3.8, 4) is 11.5 Å². The maximum Gasteiger partial charge on any atom is 0.194 e. The number of phenolic OH excluding ortho intramolecular Hbond substituents is 1. The van der Waals surface area contributed by atoms with Crippen LogP contribution < -0.4 is 10.1 Å². The lowest BCUT2D eigenvalue weighted by atomic mass is 9.97. The standard InChI is InChI=1S/C12H16FNO2/c1-16-10-6-5-8(11(13)12(10)15)9-4-2-3-7-14-9/h5-6,9,14-15H,2-4,7H2,1H3. The van der Waals surface area contributed by atoms with Gasteiger partial charge in [0.1, 0.15) is 0 Å². The van der Waals surface area contributed by atoms with Gasteiger partial charge < -0.3 is 15.2 Å². The SMILES string of the molecule is COc1ccc(C2CCCCN2)c(F)c1O. The average molecular weight is 225 g/mol. The van der Waals surface area contributed by atoms with Crippen molar-refractivity contribution in [2.45, 2.75) is 25.3 Å². The summed E-state index contributed by atoms with van der Waals surface area (Å²) < 4.78 is 18.7. The number of rotatable bonds is 2. The molecule has 4 heteroatoms. The molecule has 0 saturated carbocycles. The summed E-state index contributed by atoms with van der Waals surface area (Å²) in [4.78, 5) is 0. The fraction of sp³-hybridized carbons (Fsp3) is 0.500. The molecule has 0 aliphatic carbocycles. The van der Waals surface area contributed by atoms with E-state index in [9.17, 15) is 9.50 Å². The molecule has 1 aromatic rings. The summed E-state index contributed by atoms with van der Waals surface area (Å²) in [6, 6.07) is 3.28. The molecular formula is C12H16FNO2. The predicted octanol–water partition coefficient (Wildman–Crippen LogP) is 2.35. The van der Waals surface area contributed by atoms with Crippen LogP contribution in [-0.2, 0) is 0 Å². The quantitative estimate of drug-likeness (QED) is 0.811. The maximum absolute atomic E-state index is 13.9. The molecule has 1 heterocycles. The van der Waals surface area contributed by atoms with Crippen molar-refractivity contribution in [1.82, 2.24) is 5.32 Å². The van der Waals surface area contributed by atoms with Crippen molar-refractivity contribution < 1.29 is 14.2 Å². The van der Waals surface area contributed by atoms with Crippen molar-refractivity contribution in [3.63, 3.8) is 0 Å². The van der Waals surface area contributed by atoms with Gasteiger partial charge in [-0.05, 0) is 25.5 Å². The lowest BCUT2D eigenvalue weighted by Gasteiger charge is -2.24. The van der Waals surface area contributed by atoms with E-state index in [4.69, 9.17) is 4.74 Å². The van der Waals surface area contributed by atoms with E-state index in [1.54, 1.807) is 12.1 Å². The summed E-state index contributed by atoms with van der Waals surface area (Å²) in [6.07, 6.45) is 3.12. The Labute approximate surface area is 94.2 Å². The number of aromatic hydroxyl groups is 1. The minimum atomic E-state index is -0.571. The summed E-state index contributed by atoms with van der Waals surface area (Å²) in [5.41, 5.74) is 0.526. The number of benzene rings is 1. The highest BCUT2D eigenvalue weighted by Gasteiger charge is 2.21. The summed E-state index contributed by atoms with van der Waals surface area (Å²) in [5, 5.41) is 12.8. The van der Waals surface area contributed by atoms with E-state index < -0.39 is 11.6 Å². The van der Waals surface area contributed by atoms with Crippen LogP contribution in [0.1, 0.15) is 30.9 Å². The van der Waals surface area contributed by atoms with E-state index in [0.29, 0.717) is 5.56 Å². The fourth-order valence-corrected chi connectivity index (χ4v) is 2.11. The van der Waals surface area contributed by atoms with Gasteiger partial charge in [0.25, 0.3) is 0 Å². The Hall–Kier alpha value is -1.29. The molecule has 16 heavy (non-hydrogen) atoms. The monoisotopic (exact) mass is 225 g/mol. The van der Waals surface area contributed by atoms with Crippen LogP contribution in [0.4, 0.5) is 4.39 Å². The largest absolute Gasteiger partial charge is 0.502 e. The Morgan fingerprint density at radius 2 is 2.25 bits per heavy atom. The van der Waals surface area contributed by atoms with Crippen LogP contribution >= 0.6 is 0 Å². The second-order valence-electron chi connectivity index (χ2n) is 4.02. The number of methoxy groups -OCH3 is 1. The molecule has 1 atom stereocenters. The summed E-state index contributed by atoms with van der Waals surface area (Å²) in [7, 11) is 1.41. The number of phenols is 1. The van der Waals surface area contributed by atoms with Gasteiger partial charge in [0.05, 0.1) is 7.11 Å². The Morgan fingerprint density at radius 3 is 2.88 bits per heavy atom. The van der Waals surface area contributed by atoms with Crippen LogP contribution in [0.3, 0.4) is 0 Å². The molecule has 3 nitrogen and oxygen atoms in total. The summed E-state index contributed by atoms with van der Waals surface area (Å²) >= 11 is 0. The zero-order valence-corrected chi connectivity index (χ0v) is 9.29. The molecule has 1 fully saturated rings. The normalized spacial score (nSPS) is 20.8. The molecule has 0 radical (unpaired) electrons. The van der Waals surface area contributed by atoms with Gasteiger partial charge in [0, 0.05) is 11.6 Å². The highest BCUT2D eigenvalue weighted by atomic mass is 19.1. The van der Waals surface area contributed by atoms with Crippen molar-refractivity contribution >= 4 is 0 Å². The molecule has 1 aliphatic heterocycles. The minimum Gasteiger partial charge on any atom is -0.502 e. The van der Waals surface area contributed by atoms with Crippen molar-refractivity contribution in [3.05, 3.63) is 23.5 Å². The number of nitrogens with one attached hydrogen (secondary N) is 1. The van der Waals surface area contributed by atoms with Gasteiger partial charge in [-0.2, -0.15) is 0 Å². The second kappa shape index (κ2) is 4.70. The van der Waals surface area contributed by atoms with Gasteiger partial charge in [-0.1, -0.05) is 12.5 Å². The Morgan fingerprint density at radius 1 is 1.44 bits per heavy atom. The molecule has 0 bridgehead atoms. The topological polar surface area (TPSA) is 41.5 Å². The van der Waals surface area contributed by atoms with Crippen LogP contribution in [0.5, 0.6) is 11.5 Å². The van der Waals surface area contributed by atoms with Gasteiger partial charge in [0.15, 0.2) is 17.3 Å². The minimum absolute atomic E-state index is 0.00514. The zero-order valence-electron chi connectivity index (χ0n) is 9.29. The Bertz CT molecular complexity index is 376. The zero-order chi connectivity index (χ0) is 11.5. The summed E-state index contributed by atoms with van der Waals surface area (Å²) in [5.74, 6) is -0.789. The summed E-state index contributed by atoms with van der Waals surface area (Å²) in [6.45, 7) is 0.900. The highest BCUT2D eigenvalue weighted by molar-refractivity contribution is 5.44. The number of hydrogen-bond donors (Lipinski definition) is 2. The van der Waals surface area contributed by atoms with E-state index >= 15 is 0 Å². The molecule has 1 unspecified atom stereocenters. The van der Waals surface area contributed by atoms with Gasteiger partial charge in [-0.15, -0.1) is 0 Å². The van der Waals surface area contributed by atoms with E-state index in [0.717, 1.165) is 25.8 Å². The number of halogens is 1. The third-order valence-electron chi connectivity index (χ3n) is 3.01. The molecule has 0 amide bonds. The molecule has 88 valence electrons. The van der Waals surface area contributed by atoms with Crippen LogP contribution in [0, 0.1) is 5.82 Å². The smallest absolute Gasteiger partial charge is 0.194 e. The number of ether oxygens (including phenoxy) is 1. The predicted molar refractivity (Wildman–Crippen MR) is 59.2 cm³/mol. The average Bonchev–Trinajstić information content (AvgIpc) is 2.34. The van der Waals surface area contributed by atoms with E-state index in [1.165, 1.54) is 7.11 Å². The van der Waals surface area contributed by atoms with Gasteiger partial charge in [-0.25, -0.2) is 4.39 Å². The first-order chi connectivity index (χ1) is 7.74. The van der Waals surface area contributed by atoms with Gasteiger partial charge in [0.2, 0.25) is 0 Å². The van der Waals surface area contributed by atoms with E-state index in [1.807, 2.05) is 0 Å². The Balaban J connectivity index is 2.30. The van der Waals surface area contributed by atoms with Crippen LogP contribution in [0.2, 0.25) is 0 Å². The van der Waals surface area contributed by atoms with E-state index in [2.05, 4.69) is 5.32 Å². The van der Waals surface area contributed by atoms with E-state index in [-0.39, 0.29) is 11.8 Å². The van der Waals surface area contributed by atoms with Gasteiger partial charge >= 0.3 is 0 Å². The molecule has 1 aliphatic rings. The molecule has 0 aromatic heterocycles. The number of piperidine rings is 1. The third kappa shape index (κ3) is 1.97. The first-order valence-electron chi connectivity index (χ1n) is 5.52. The lowest BCUT2D eigenvalue weighted by Crippen LogP contribution is -2.27. The van der Waals surface area contributed by atoms with Crippen LogP contribution in [-0.4, -0.2) is 18.8 Å². The van der Waals surface area contributed by atoms with Crippen molar-refractivity contribution in [2.24, 2.45) is 0 Å². The van der Waals surface area contributed by atoms with Gasteiger partial charge in [-0.3, -0.25) is 0 Å². The van der Waals surface area contributed by atoms with Crippen molar-refractivity contribution in [2.75, 3.05) is 13.7 Å². The number of hydrogen-bond acceptors (Lipinski definition) is 3. The first kappa shape index (κ1) is 11.2. The first-order valence-corrected chi connectivity index (χ1v) is 5.52. The van der Waals surface area contributed by atoms with Crippen molar-refractivity contribution in [1.29, 1.82) is 0 Å². The fourth-order valence-electron chi connectivity index (χ4n) is 2.11. The maximum atomic E-state index is 13.9. The Kier molecular flexibility index (Phi) is 3.29. The molecule has 2 N–H and O–H groups in total. The molecular weight excluding hydrogens is 209 g/mol. The lowest BCUT2D eigenvalue weighted by molar-refractivity contribution is 0.346. The van der Waals surface area contributed by atoms with Crippen LogP contribution in [0.25, 0.3) is 0 Å².